The van der Waals surface area contributed by atoms with Gasteiger partial charge in [0.2, 0.25) is 0 Å². The summed E-state index contributed by atoms with van der Waals surface area (Å²) in [6.45, 7) is 2.04. The molecule has 1 rings (SSSR count). The molecule has 8 heteroatoms. The number of ether oxygens (including phenoxy) is 1. The molecule has 0 spiro atoms. The van der Waals surface area contributed by atoms with Gasteiger partial charge in [0, 0.05) is 0 Å². The zero-order valence-corrected chi connectivity index (χ0v) is 11.5. The Kier molecular flexibility index (Phi) is 5.23. The van der Waals surface area contributed by atoms with Gasteiger partial charge in [-0.25, -0.2) is 9.59 Å². The molecule has 110 valence electrons. The number of carboxylic acids is 1. The number of rotatable bonds is 6. The first-order valence-corrected chi connectivity index (χ1v) is 7.22. The molecule has 20 heavy (non-hydrogen) atoms. The lowest BCUT2D eigenvalue weighted by molar-refractivity contribution is 0.0499. The van der Waals surface area contributed by atoms with E-state index in [1.54, 1.807) is 0 Å². The summed E-state index contributed by atoms with van der Waals surface area (Å²) in [5, 5.41) is 8.87. The molecular weight excluding hydrogens is 288 g/mol. The molecule has 1 aromatic rings. The zero-order chi connectivity index (χ0) is 15.3. The Morgan fingerprint density at radius 1 is 1.20 bits per heavy atom. The van der Waals surface area contributed by atoms with Gasteiger partial charge in [-0.15, -0.1) is 0 Å². The smallest absolute Gasteiger partial charge is 0.338 e. The molecule has 0 heterocycles. The summed E-state index contributed by atoms with van der Waals surface area (Å²) < 4.78 is 35.9. The van der Waals surface area contributed by atoms with Crippen LogP contribution >= 0.6 is 0 Å². The maximum atomic E-state index is 11.7. The first-order chi connectivity index (χ1) is 9.25. The van der Waals surface area contributed by atoms with E-state index >= 15 is 0 Å². The van der Waals surface area contributed by atoms with Gasteiger partial charge in [-0.05, 0) is 24.6 Å². The molecule has 0 saturated heterocycles. The second-order valence-electron chi connectivity index (χ2n) is 4.02. The normalized spacial score (nSPS) is 11.1. The van der Waals surface area contributed by atoms with Gasteiger partial charge in [0.1, 0.15) is 0 Å². The van der Waals surface area contributed by atoms with Crippen molar-refractivity contribution in [2.75, 3.05) is 6.61 Å². The van der Waals surface area contributed by atoms with Crippen molar-refractivity contribution in [2.45, 2.75) is 24.7 Å². The summed E-state index contributed by atoms with van der Waals surface area (Å²) in [6, 6.07) is 2.63. The van der Waals surface area contributed by atoms with Crippen LogP contribution in [-0.4, -0.2) is 36.6 Å². The molecule has 0 aliphatic heterocycles. The molecule has 0 amide bonds. The third-order valence-electron chi connectivity index (χ3n) is 2.42. The van der Waals surface area contributed by atoms with Crippen LogP contribution in [0.15, 0.2) is 23.1 Å². The summed E-state index contributed by atoms with van der Waals surface area (Å²) in [5.74, 6) is -2.26. The Balaban J connectivity index is 3.16. The largest absolute Gasteiger partial charge is 0.478 e. The number of unbranched alkanes of at least 4 members (excludes halogenated alkanes) is 1. The predicted octanol–water partition coefficient (Wildman–Crippen LogP) is 1.59. The highest BCUT2D eigenvalue weighted by Gasteiger charge is 2.18. The molecule has 0 radical (unpaired) electrons. The van der Waals surface area contributed by atoms with Gasteiger partial charge in [-0.3, -0.25) is 4.55 Å². The molecule has 0 aliphatic carbocycles. The number of esters is 1. The fourth-order valence-electron chi connectivity index (χ4n) is 1.38. The van der Waals surface area contributed by atoms with Crippen LogP contribution in [0.25, 0.3) is 0 Å². The van der Waals surface area contributed by atoms with Crippen molar-refractivity contribution >= 4 is 22.1 Å². The highest BCUT2D eigenvalue weighted by atomic mass is 32.2. The van der Waals surface area contributed by atoms with Crippen molar-refractivity contribution in [3.8, 4) is 0 Å². The van der Waals surface area contributed by atoms with E-state index in [1.807, 2.05) is 6.92 Å². The van der Waals surface area contributed by atoms with E-state index in [4.69, 9.17) is 14.4 Å². The highest BCUT2D eigenvalue weighted by Crippen LogP contribution is 2.16. The Morgan fingerprint density at radius 3 is 2.30 bits per heavy atom. The van der Waals surface area contributed by atoms with Crippen LogP contribution < -0.4 is 0 Å². The van der Waals surface area contributed by atoms with E-state index < -0.39 is 32.5 Å². The third-order valence-corrected chi connectivity index (χ3v) is 3.25. The summed E-state index contributed by atoms with van der Waals surface area (Å²) >= 11 is 0. The van der Waals surface area contributed by atoms with Crippen molar-refractivity contribution in [2.24, 2.45) is 0 Å². The van der Waals surface area contributed by atoms with Gasteiger partial charge in [-0.1, -0.05) is 13.3 Å². The first kappa shape index (κ1) is 16.1. The van der Waals surface area contributed by atoms with Crippen LogP contribution in [0.3, 0.4) is 0 Å². The lowest BCUT2D eigenvalue weighted by atomic mass is 10.1. The molecule has 0 unspecified atom stereocenters. The van der Waals surface area contributed by atoms with Crippen LogP contribution in [0, 0.1) is 0 Å². The van der Waals surface area contributed by atoms with Gasteiger partial charge in [0.25, 0.3) is 10.1 Å². The zero-order valence-electron chi connectivity index (χ0n) is 10.7. The molecule has 0 aliphatic rings. The van der Waals surface area contributed by atoms with Crippen molar-refractivity contribution in [3.63, 3.8) is 0 Å². The van der Waals surface area contributed by atoms with Gasteiger partial charge < -0.3 is 9.84 Å². The Labute approximate surface area is 115 Å². The second kappa shape index (κ2) is 6.49. The van der Waals surface area contributed by atoms with E-state index in [0.29, 0.717) is 6.42 Å². The lowest BCUT2D eigenvalue weighted by Crippen LogP contribution is -2.10. The Bertz CT molecular complexity index is 619. The number of hydrogen-bond donors (Lipinski definition) is 2. The molecule has 2 N–H and O–H groups in total. The standard InChI is InChI=1S/C12H14O7S/c1-2-3-4-19-12(15)9-5-8(11(13)14)6-10(7-9)20(16,17)18/h5-7H,2-4H2,1H3,(H,13,14)(H,16,17,18). The third kappa shape index (κ3) is 4.32. The van der Waals surface area contributed by atoms with Crippen LogP contribution in [0.2, 0.25) is 0 Å². The summed E-state index contributed by atoms with van der Waals surface area (Å²) in [7, 11) is -4.61. The van der Waals surface area contributed by atoms with E-state index in [-0.39, 0.29) is 12.2 Å². The second-order valence-corrected chi connectivity index (χ2v) is 5.44. The van der Waals surface area contributed by atoms with Crippen LogP contribution in [-0.2, 0) is 14.9 Å². The monoisotopic (exact) mass is 302 g/mol. The first-order valence-electron chi connectivity index (χ1n) is 5.78. The van der Waals surface area contributed by atoms with Gasteiger partial charge in [0.15, 0.2) is 0 Å². The molecule has 0 saturated carbocycles. The van der Waals surface area contributed by atoms with Crippen molar-refractivity contribution in [1.29, 1.82) is 0 Å². The van der Waals surface area contributed by atoms with E-state index in [0.717, 1.165) is 24.6 Å². The van der Waals surface area contributed by atoms with Crippen LogP contribution in [0.5, 0.6) is 0 Å². The lowest BCUT2D eigenvalue weighted by Gasteiger charge is -2.06. The van der Waals surface area contributed by atoms with Gasteiger partial charge in [-0.2, -0.15) is 8.42 Å². The summed E-state index contributed by atoms with van der Waals surface area (Å²) in [5.41, 5.74) is -0.670. The summed E-state index contributed by atoms with van der Waals surface area (Å²) in [6.07, 6.45) is 1.44. The van der Waals surface area contributed by atoms with Crippen molar-refractivity contribution in [1.82, 2.24) is 0 Å². The predicted molar refractivity (Wildman–Crippen MR) is 68.4 cm³/mol. The Hall–Kier alpha value is -1.93. The number of carbonyl (C=O) groups excluding carboxylic acids is 1. The fraction of sp³-hybridized carbons (Fsp3) is 0.333. The van der Waals surface area contributed by atoms with E-state index in [1.165, 1.54) is 0 Å². The molecule has 0 fully saturated rings. The minimum absolute atomic E-state index is 0.147. The number of benzene rings is 1. The molecule has 1 aromatic carbocycles. The molecule has 0 atom stereocenters. The van der Waals surface area contributed by atoms with Gasteiger partial charge >= 0.3 is 11.9 Å². The molecule has 0 aromatic heterocycles. The van der Waals surface area contributed by atoms with Gasteiger partial charge in [0.05, 0.1) is 22.6 Å². The van der Waals surface area contributed by atoms with E-state index in [9.17, 15) is 18.0 Å². The Morgan fingerprint density at radius 2 is 1.80 bits per heavy atom. The van der Waals surface area contributed by atoms with Crippen molar-refractivity contribution in [3.05, 3.63) is 29.3 Å². The number of hydrogen-bond acceptors (Lipinski definition) is 5. The maximum absolute atomic E-state index is 11.7. The van der Waals surface area contributed by atoms with E-state index in [2.05, 4.69) is 0 Å². The SMILES string of the molecule is CCCCOC(=O)c1cc(C(=O)O)cc(S(=O)(=O)O)c1. The number of carbonyl (C=O) groups is 2. The van der Waals surface area contributed by atoms with Crippen LogP contribution in [0.4, 0.5) is 0 Å². The minimum atomic E-state index is -4.61. The summed E-state index contributed by atoms with van der Waals surface area (Å²) in [4.78, 5) is 21.9. The average molecular weight is 302 g/mol. The minimum Gasteiger partial charge on any atom is -0.478 e. The highest BCUT2D eigenvalue weighted by molar-refractivity contribution is 7.85. The topological polar surface area (TPSA) is 118 Å². The molecule has 0 bridgehead atoms. The maximum Gasteiger partial charge on any atom is 0.338 e. The quantitative estimate of drug-likeness (QED) is 0.465. The van der Waals surface area contributed by atoms with Crippen LogP contribution in [0.1, 0.15) is 40.5 Å². The average Bonchev–Trinajstić information content (AvgIpc) is 2.37. The fourth-order valence-corrected chi connectivity index (χ4v) is 1.93. The number of carboxylic acid groups (broad SMARTS) is 1. The number of aromatic carboxylic acids is 1. The molecule has 7 nitrogen and oxygen atoms in total. The molecular formula is C12H14O7S. The van der Waals surface area contributed by atoms with Crippen molar-refractivity contribution < 1.29 is 32.4 Å².